The lowest BCUT2D eigenvalue weighted by atomic mass is 9.85. The molecule has 0 bridgehead atoms. The second kappa shape index (κ2) is 13.4. The van der Waals surface area contributed by atoms with Crippen LogP contribution in [0.3, 0.4) is 0 Å². The number of benzene rings is 4. The van der Waals surface area contributed by atoms with Crippen LogP contribution in [0, 0.1) is 5.82 Å². The molecule has 1 aromatic heterocycles. The van der Waals surface area contributed by atoms with Crippen LogP contribution in [0.25, 0.3) is 11.1 Å². The summed E-state index contributed by atoms with van der Waals surface area (Å²) in [7, 11) is 0.0747. The van der Waals surface area contributed by atoms with Gasteiger partial charge in [0.15, 0.2) is 0 Å². The van der Waals surface area contributed by atoms with Gasteiger partial charge in [0.05, 0.1) is 38.3 Å². The molecule has 0 saturated heterocycles. The summed E-state index contributed by atoms with van der Waals surface area (Å²) in [5, 5.41) is 0. The fourth-order valence-corrected chi connectivity index (χ4v) is 7.59. The van der Waals surface area contributed by atoms with E-state index in [1.165, 1.54) is 58.0 Å². The third-order valence-electron chi connectivity index (χ3n) is 8.57. The molecule has 0 unspecified atom stereocenters. The molecule has 1 atom stereocenters. The number of aromatic nitrogens is 2. The highest BCUT2D eigenvalue weighted by Gasteiger charge is 2.35. The maximum Gasteiger partial charge on any atom is 0.416 e. The van der Waals surface area contributed by atoms with Crippen molar-refractivity contribution in [2.75, 3.05) is 25.6 Å². The quantitative estimate of drug-likeness (QED) is 0.138. The molecular formula is C36H31F4N3O5S. The van der Waals surface area contributed by atoms with E-state index in [2.05, 4.69) is 9.97 Å². The van der Waals surface area contributed by atoms with E-state index in [9.17, 15) is 26.0 Å². The second-order valence-electron chi connectivity index (χ2n) is 11.3. The summed E-state index contributed by atoms with van der Waals surface area (Å²) in [6, 6.07) is 18.6. The van der Waals surface area contributed by atoms with Crippen molar-refractivity contribution in [3.8, 4) is 28.4 Å². The van der Waals surface area contributed by atoms with Gasteiger partial charge in [0.1, 0.15) is 23.1 Å². The van der Waals surface area contributed by atoms with Gasteiger partial charge in [0.25, 0.3) is 10.0 Å². The number of nitrogens with zero attached hydrogens (tertiary/aromatic N) is 3. The van der Waals surface area contributed by atoms with Gasteiger partial charge in [0.2, 0.25) is 5.95 Å². The maximum absolute atomic E-state index is 14.3. The Morgan fingerprint density at radius 1 is 0.816 bits per heavy atom. The van der Waals surface area contributed by atoms with Crippen molar-refractivity contribution in [1.82, 2.24) is 9.97 Å². The molecule has 1 aliphatic carbocycles. The van der Waals surface area contributed by atoms with Crippen molar-refractivity contribution in [3.05, 3.63) is 125 Å². The first kappa shape index (κ1) is 33.7. The van der Waals surface area contributed by atoms with Crippen LogP contribution >= 0.6 is 0 Å². The van der Waals surface area contributed by atoms with Gasteiger partial charge in [-0.05, 0) is 89.7 Å². The van der Waals surface area contributed by atoms with E-state index < -0.39 is 27.6 Å². The standard InChI is InChI=1S/C36H31F4N3O5S/c1-46-26-9-5-23(33(20-26)47-2)21-43(35-41-15-4-16-42-35)49(44,45)27-10-14-28-22(17-27)6-11-29(28)30-12-7-24(36(38,39)40)18-32(30)31-13-8-25(37)19-34(31)48-3/h4-5,7-10,12-20,29H,6,11,21H2,1-3H3/t29-/m0/s1. The van der Waals surface area contributed by atoms with Gasteiger partial charge >= 0.3 is 6.18 Å². The number of ether oxygens (including phenoxy) is 3. The number of hydrogen-bond acceptors (Lipinski definition) is 7. The van der Waals surface area contributed by atoms with E-state index in [1.54, 1.807) is 36.4 Å². The molecule has 0 amide bonds. The highest BCUT2D eigenvalue weighted by molar-refractivity contribution is 7.92. The van der Waals surface area contributed by atoms with Crippen LogP contribution in [0.5, 0.6) is 17.2 Å². The molecule has 0 radical (unpaired) electrons. The molecule has 6 rings (SSSR count). The SMILES string of the molecule is COc1ccc(CN(c2ncccn2)S(=O)(=O)c2ccc3c(c2)CC[C@@H]3c2ccc(C(F)(F)F)cc2-c2ccc(F)cc2OC)c(OC)c1. The highest BCUT2D eigenvalue weighted by Crippen LogP contribution is 2.46. The number of methoxy groups -OCH3 is 3. The van der Waals surface area contributed by atoms with Crippen LogP contribution in [-0.4, -0.2) is 39.7 Å². The molecule has 254 valence electrons. The number of fused-ring (bicyclic) bond motifs is 1. The number of halogens is 4. The number of anilines is 1. The van der Waals surface area contributed by atoms with Crippen LogP contribution in [-0.2, 0) is 29.2 Å². The molecule has 0 spiro atoms. The highest BCUT2D eigenvalue weighted by atomic mass is 32.2. The molecule has 1 heterocycles. The molecule has 49 heavy (non-hydrogen) atoms. The van der Waals surface area contributed by atoms with Gasteiger partial charge in [0, 0.05) is 41.6 Å². The summed E-state index contributed by atoms with van der Waals surface area (Å²) in [5.41, 5.74) is 2.35. The minimum absolute atomic E-state index is 0.000298. The van der Waals surface area contributed by atoms with Gasteiger partial charge < -0.3 is 14.2 Å². The first-order valence-corrected chi connectivity index (χ1v) is 16.6. The Bertz CT molecular complexity index is 2110. The van der Waals surface area contributed by atoms with E-state index >= 15 is 0 Å². The Balaban J connectivity index is 1.41. The second-order valence-corrected chi connectivity index (χ2v) is 13.2. The minimum atomic E-state index is -4.61. The monoisotopic (exact) mass is 693 g/mol. The molecule has 5 aromatic rings. The predicted octanol–water partition coefficient (Wildman–Crippen LogP) is 7.80. The molecule has 1 aliphatic rings. The Morgan fingerprint density at radius 2 is 1.55 bits per heavy atom. The largest absolute Gasteiger partial charge is 0.497 e. The lowest BCUT2D eigenvalue weighted by Crippen LogP contribution is -2.32. The van der Waals surface area contributed by atoms with Crippen molar-refractivity contribution < 1.29 is 40.2 Å². The van der Waals surface area contributed by atoms with Crippen molar-refractivity contribution in [2.24, 2.45) is 0 Å². The third-order valence-corrected chi connectivity index (χ3v) is 10.3. The molecule has 0 N–H and O–H groups in total. The average Bonchev–Trinajstić information content (AvgIpc) is 3.53. The molecular weight excluding hydrogens is 662 g/mol. The number of aryl methyl sites for hydroxylation is 1. The summed E-state index contributed by atoms with van der Waals surface area (Å²) >= 11 is 0. The Kier molecular flexibility index (Phi) is 9.21. The Morgan fingerprint density at radius 3 is 2.24 bits per heavy atom. The normalized spacial score (nSPS) is 14.3. The minimum Gasteiger partial charge on any atom is -0.497 e. The van der Waals surface area contributed by atoms with Crippen molar-refractivity contribution in [1.29, 1.82) is 0 Å². The number of alkyl halides is 3. The van der Waals surface area contributed by atoms with Gasteiger partial charge in [-0.15, -0.1) is 0 Å². The zero-order chi connectivity index (χ0) is 34.9. The summed E-state index contributed by atoms with van der Waals surface area (Å²) < 4.78 is 102. The van der Waals surface area contributed by atoms with Crippen LogP contribution in [0.2, 0.25) is 0 Å². The van der Waals surface area contributed by atoms with Gasteiger partial charge in [-0.2, -0.15) is 13.2 Å². The third kappa shape index (κ3) is 6.62. The van der Waals surface area contributed by atoms with Gasteiger partial charge in [-0.1, -0.05) is 12.1 Å². The van der Waals surface area contributed by atoms with Crippen LogP contribution in [0.15, 0.2) is 96.2 Å². The van der Waals surface area contributed by atoms with Gasteiger partial charge in [-0.25, -0.2) is 27.1 Å². The van der Waals surface area contributed by atoms with E-state index in [4.69, 9.17) is 14.2 Å². The fraction of sp³-hybridized carbons (Fsp3) is 0.222. The van der Waals surface area contributed by atoms with Crippen molar-refractivity contribution in [3.63, 3.8) is 0 Å². The predicted molar refractivity (Wildman–Crippen MR) is 175 cm³/mol. The fourth-order valence-electron chi connectivity index (χ4n) is 6.18. The zero-order valence-electron chi connectivity index (χ0n) is 26.7. The Hall–Kier alpha value is -5.17. The molecule has 13 heteroatoms. The van der Waals surface area contributed by atoms with E-state index in [0.717, 1.165) is 33.6 Å². The summed E-state index contributed by atoms with van der Waals surface area (Å²) in [6.45, 7) is -0.145. The molecule has 0 aliphatic heterocycles. The molecule has 0 fully saturated rings. The lowest BCUT2D eigenvalue weighted by molar-refractivity contribution is -0.137. The number of sulfonamides is 1. The topological polar surface area (TPSA) is 90.9 Å². The molecule has 4 aromatic carbocycles. The van der Waals surface area contributed by atoms with Crippen LogP contribution < -0.4 is 18.5 Å². The van der Waals surface area contributed by atoms with Crippen LogP contribution in [0.1, 0.15) is 40.2 Å². The summed E-state index contributed by atoms with van der Waals surface area (Å²) in [6.07, 6.45) is -0.738. The summed E-state index contributed by atoms with van der Waals surface area (Å²) in [4.78, 5) is 8.44. The van der Waals surface area contributed by atoms with Crippen molar-refractivity contribution >= 4 is 16.0 Å². The number of rotatable bonds is 10. The van der Waals surface area contributed by atoms with Gasteiger partial charge in [-0.3, -0.25) is 0 Å². The molecule has 8 nitrogen and oxygen atoms in total. The van der Waals surface area contributed by atoms with E-state index in [1.807, 2.05) is 0 Å². The summed E-state index contributed by atoms with van der Waals surface area (Å²) in [5.74, 6) is 0.0503. The zero-order valence-corrected chi connectivity index (χ0v) is 27.5. The smallest absolute Gasteiger partial charge is 0.416 e. The first-order valence-electron chi connectivity index (χ1n) is 15.1. The maximum atomic E-state index is 14.3. The van der Waals surface area contributed by atoms with E-state index in [0.29, 0.717) is 41.0 Å². The first-order chi connectivity index (χ1) is 23.4. The Labute approximate surface area is 281 Å². The number of hydrogen-bond donors (Lipinski definition) is 0. The molecule has 0 saturated carbocycles. The van der Waals surface area contributed by atoms with Crippen LogP contribution in [0.4, 0.5) is 23.5 Å². The van der Waals surface area contributed by atoms with Crippen molar-refractivity contribution in [2.45, 2.75) is 36.4 Å². The van der Waals surface area contributed by atoms with E-state index in [-0.39, 0.29) is 34.6 Å². The average molecular weight is 694 g/mol. The lowest BCUT2D eigenvalue weighted by Gasteiger charge is -2.24.